The number of hydrogen-bond acceptors (Lipinski definition) is 3. The third kappa shape index (κ3) is 2.62. The summed E-state index contributed by atoms with van der Waals surface area (Å²) in [5.74, 6) is -0.182. The summed E-state index contributed by atoms with van der Waals surface area (Å²) >= 11 is 0. The molecule has 4 nitrogen and oxygen atoms in total. The molecule has 0 fully saturated rings. The van der Waals surface area contributed by atoms with Gasteiger partial charge in [0.05, 0.1) is 11.0 Å². The molecule has 2 heterocycles. The van der Waals surface area contributed by atoms with Crippen molar-refractivity contribution < 1.29 is 17.9 Å². The van der Waals surface area contributed by atoms with Gasteiger partial charge in [0.25, 0.3) is 0 Å². The van der Waals surface area contributed by atoms with Crippen LogP contribution in [0.3, 0.4) is 0 Å². The van der Waals surface area contributed by atoms with E-state index in [-0.39, 0.29) is 17.4 Å². The van der Waals surface area contributed by atoms with Crippen LogP contribution in [0.2, 0.25) is 0 Å². The summed E-state index contributed by atoms with van der Waals surface area (Å²) < 4.78 is 51.5. The molecule has 0 spiro atoms. The molecule has 0 bridgehead atoms. The first-order chi connectivity index (χ1) is 14.4. The maximum atomic E-state index is 14.9. The molecule has 30 heavy (non-hydrogen) atoms. The molecule has 0 aliphatic carbocycles. The quantitative estimate of drug-likeness (QED) is 0.427. The van der Waals surface area contributed by atoms with Gasteiger partial charge in [0.2, 0.25) is 11.8 Å². The number of aryl methyl sites for hydroxylation is 1. The Labute approximate surface area is 170 Å². The van der Waals surface area contributed by atoms with E-state index < -0.39 is 11.9 Å². The molecule has 0 saturated heterocycles. The lowest BCUT2D eigenvalue weighted by atomic mass is 10.00. The summed E-state index contributed by atoms with van der Waals surface area (Å²) in [7, 11) is 0. The fraction of sp³-hybridized carbons (Fsp3) is 0.130. The van der Waals surface area contributed by atoms with Crippen molar-refractivity contribution in [2.24, 2.45) is 4.99 Å². The molecular weight excluding hydrogens is 391 g/mol. The van der Waals surface area contributed by atoms with Crippen LogP contribution in [-0.4, -0.2) is 21.6 Å². The second kappa shape index (κ2) is 6.45. The van der Waals surface area contributed by atoms with Gasteiger partial charge in [-0.3, -0.25) is 4.57 Å². The zero-order valence-electron chi connectivity index (χ0n) is 15.9. The molecule has 150 valence electrons. The molecule has 5 rings (SSSR count). The van der Waals surface area contributed by atoms with Gasteiger partial charge in [0, 0.05) is 11.1 Å². The minimum absolute atomic E-state index is 0.0542. The minimum Gasteiger partial charge on any atom is -0.436 e. The third-order valence-corrected chi connectivity index (χ3v) is 5.15. The summed E-state index contributed by atoms with van der Waals surface area (Å²) in [4.78, 5) is 8.74. The lowest BCUT2D eigenvalue weighted by molar-refractivity contribution is -0.271. The molecule has 1 aliphatic heterocycles. The summed E-state index contributed by atoms with van der Waals surface area (Å²) in [5.41, 5.74) is -0.728. The van der Waals surface area contributed by atoms with Gasteiger partial charge in [-0.2, -0.15) is 18.2 Å². The van der Waals surface area contributed by atoms with Crippen molar-refractivity contribution >= 4 is 22.9 Å². The average molecular weight is 407 g/mol. The molecule has 0 saturated carbocycles. The van der Waals surface area contributed by atoms with Crippen LogP contribution in [0.1, 0.15) is 16.7 Å². The first-order valence-corrected chi connectivity index (χ1v) is 9.35. The summed E-state index contributed by atoms with van der Waals surface area (Å²) in [5, 5.41) is 0. The lowest BCUT2D eigenvalue weighted by Gasteiger charge is -2.40. The Bertz CT molecular complexity index is 1260. The van der Waals surface area contributed by atoms with E-state index >= 15 is 0 Å². The van der Waals surface area contributed by atoms with Crippen molar-refractivity contribution in [3.05, 3.63) is 95.6 Å². The molecule has 0 radical (unpaired) electrons. The molecule has 7 heteroatoms. The number of ether oxygens (including phenoxy) is 1. The van der Waals surface area contributed by atoms with Gasteiger partial charge >= 0.3 is 11.9 Å². The van der Waals surface area contributed by atoms with Gasteiger partial charge in [-0.25, -0.2) is 4.98 Å². The first-order valence-electron chi connectivity index (χ1n) is 9.35. The molecule has 3 aromatic carbocycles. The van der Waals surface area contributed by atoms with Crippen LogP contribution in [0.5, 0.6) is 0 Å². The number of halogens is 3. The summed E-state index contributed by atoms with van der Waals surface area (Å²) in [6, 6.07) is 21.2. The molecule has 1 atom stereocenters. The van der Waals surface area contributed by atoms with Gasteiger partial charge in [-0.15, -0.1) is 0 Å². The minimum atomic E-state index is -4.79. The summed E-state index contributed by atoms with van der Waals surface area (Å²) in [6.07, 6.45) is -4.79. The Morgan fingerprint density at radius 2 is 1.53 bits per heavy atom. The number of alkyl halides is 3. The number of aromatic nitrogens is 2. The SMILES string of the molecule is Cc1ccc(C2=Nc3nc4ccccc4n3[C@@](c3ccccc3)(C(F)(F)F)O2)cc1. The highest BCUT2D eigenvalue weighted by molar-refractivity contribution is 5.97. The van der Waals surface area contributed by atoms with Crippen molar-refractivity contribution in [3.8, 4) is 0 Å². The number of hydrogen-bond donors (Lipinski definition) is 0. The van der Waals surface area contributed by atoms with Gasteiger partial charge in [-0.1, -0.05) is 60.2 Å². The van der Waals surface area contributed by atoms with Gasteiger partial charge in [0.1, 0.15) is 0 Å². The average Bonchev–Trinajstić information content (AvgIpc) is 3.12. The van der Waals surface area contributed by atoms with E-state index in [1.165, 1.54) is 12.1 Å². The molecule has 0 unspecified atom stereocenters. The number of fused-ring (bicyclic) bond motifs is 3. The molecule has 1 aliphatic rings. The van der Waals surface area contributed by atoms with Crippen LogP contribution in [0, 0.1) is 6.92 Å². The first kappa shape index (κ1) is 18.4. The van der Waals surface area contributed by atoms with E-state index in [1.54, 1.807) is 66.7 Å². The van der Waals surface area contributed by atoms with Crippen molar-refractivity contribution in [2.45, 2.75) is 18.8 Å². The molecule has 0 N–H and O–H groups in total. The second-order valence-corrected chi connectivity index (χ2v) is 7.13. The topological polar surface area (TPSA) is 39.4 Å². The van der Waals surface area contributed by atoms with E-state index in [2.05, 4.69) is 9.98 Å². The Hall–Kier alpha value is -3.61. The summed E-state index contributed by atoms with van der Waals surface area (Å²) in [6.45, 7) is 1.90. The van der Waals surface area contributed by atoms with Crippen molar-refractivity contribution in [2.75, 3.05) is 0 Å². The van der Waals surface area contributed by atoms with E-state index in [4.69, 9.17) is 4.74 Å². The number of rotatable bonds is 2. The van der Waals surface area contributed by atoms with Crippen LogP contribution >= 0.6 is 0 Å². The normalized spacial score (nSPS) is 18.6. The zero-order chi connectivity index (χ0) is 20.9. The number of aliphatic imine (C=N–C) groups is 1. The second-order valence-electron chi connectivity index (χ2n) is 7.13. The Kier molecular flexibility index (Phi) is 3.96. The monoisotopic (exact) mass is 407 g/mol. The molecule has 1 aromatic heterocycles. The van der Waals surface area contributed by atoms with Gasteiger partial charge in [0.15, 0.2) is 0 Å². The number of para-hydroxylation sites is 2. The van der Waals surface area contributed by atoms with Gasteiger partial charge in [-0.05, 0) is 31.2 Å². The Morgan fingerprint density at radius 3 is 2.23 bits per heavy atom. The Balaban J connectivity index is 1.87. The maximum absolute atomic E-state index is 14.9. The largest absolute Gasteiger partial charge is 0.454 e. The molecule has 0 amide bonds. The van der Waals surface area contributed by atoms with E-state index in [1.807, 2.05) is 6.92 Å². The fourth-order valence-corrected chi connectivity index (χ4v) is 3.72. The number of nitrogens with zero attached hydrogens (tertiary/aromatic N) is 3. The molecular formula is C23H16F3N3O. The highest BCUT2D eigenvalue weighted by Crippen LogP contribution is 2.49. The van der Waals surface area contributed by atoms with E-state index in [0.717, 1.165) is 10.1 Å². The third-order valence-electron chi connectivity index (χ3n) is 5.15. The van der Waals surface area contributed by atoms with Crippen LogP contribution in [0.4, 0.5) is 19.1 Å². The lowest BCUT2D eigenvalue weighted by Crippen LogP contribution is -2.53. The van der Waals surface area contributed by atoms with Crippen LogP contribution in [-0.2, 0) is 10.5 Å². The molecule has 4 aromatic rings. The smallest absolute Gasteiger partial charge is 0.436 e. The highest BCUT2D eigenvalue weighted by Gasteiger charge is 2.63. The van der Waals surface area contributed by atoms with Crippen molar-refractivity contribution in [1.29, 1.82) is 0 Å². The number of imidazole rings is 1. The van der Waals surface area contributed by atoms with Crippen molar-refractivity contribution in [3.63, 3.8) is 0 Å². The zero-order valence-corrected chi connectivity index (χ0v) is 15.9. The van der Waals surface area contributed by atoms with Crippen LogP contribution < -0.4 is 0 Å². The standard InChI is InChI=1S/C23H16F3N3O/c1-15-11-13-16(14-12-15)20-28-21-27-18-9-5-6-10-19(18)29(21)22(30-20,23(24,25)26)17-7-3-2-4-8-17/h2-14H,1H3/t22-/m1/s1. The predicted octanol–water partition coefficient (Wildman–Crippen LogP) is 5.72. The van der Waals surface area contributed by atoms with Crippen molar-refractivity contribution in [1.82, 2.24) is 9.55 Å². The van der Waals surface area contributed by atoms with Crippen LogP contribution in [0.15, 0.2) is 83.9 Å². The van der Waals surface area contributed by atoms with E-state index in [9.17, 15) is 13.2 Å². The maximum Gasteiger partial charge on any atom is 0.454 e. The van der Waals surface area contributed by atoms with Crippen LogP contribution in [0.25, 0.3) is 11.0 Å². The fourth-order valence-electron chi connectivity index (χ4n) is 3.72. The number of benzene rings is 3. The predicted molar refractivity (Wildman–Crippen MR) is 108 cm³/mol. The van der Waals surface area contributed by atoms with E-state index in [0.29, 0.717) is 16.6 Å². The highest BCUT2D eigenvalue weighted by atomic mass is 19.4. The van der Waals surface area contributed by atoms with Gasteiger partial charge < -0.3 is 4.74 Å². The Morgan fingerprint density at radius 1 is 0.867 bits per heavy atom.